The molecule has 3 N–H and O–H groups in total. The SMILES string of the molecule is CCCC(=O)Nc1ccc(NCC(=O)Nc2cccc(C)c2)cc1. The number of hydrogen-bond acceptors (Lipinski definition) is 3. The fourth-order valence-electron chi connectivity index (χ4n) is 2.23. The van der Waals surface area contributed by atoms with Crippen LogP contribution in [0.5, 0.6) is 0 Å². The first kappa shape index (κ1) is 17.5. The van der Waals surface area contributed by atoms with Crippen LogP contribution in [0, 0.1) is 6.92 Å². The van der Waals surface area contributed by atoms with Gasteiger partial charge >= 0.3 is 0 Å². The van der Waals surface area contributed by atoms with Crippen LogP contribution in [0.1, 0.15) is 25.3 Å². The lowest BCUT2D eigenvalue weighted by atomic mass is 10.2. The van der Waals surface area contributed by atoms with E-state index in [4.69, 9.17) is 0 Å². The van der Waals surface area contributed by atoms with E-state index in [1.807, 2.05) is 62.4 Å². The zero-order chi connectivity index (χ0) is 17.4. The molecule has 126 valence electrons. The lowest BCUT2D eigenvalue weighted by molar-refractivity contribution is -0.116. The zero-order valence-corrected chi connectivity index (χ0v) is 14.1. The Balaban J connectivity index is 1.81. The van der Waals surface area contributed by atoms with E-state index in [1.54, 1.807) is 0 Å². The average Bonchev–Trinajstić information content (AvgIpc) is 2.54. The van der Waals surface area contributed by atoms with E-state index in [0.717, 1.165) is 29.0 Å². The molecule has 0 aliphatic rings. The molecule has 0 heterocycles. The summed E-state index contributed by atoms with van der Waals surface area (Å²) >= 11 is 0. The first-order chi connectivity index (χ1) is 11.6. The number of anilines is 3. The Morgan fingerprint density at radius 1 is 0.875 bits per heavy atom. The average molecular weight is 325 g/mol. The summed E-state index contributed by atoms with van der Waals surface area (Å²) in [5.41, 5.74) is 3.46. The molecule has 0 spiro atoms. The number of carbonyl (C=O) groups excluding carboxylic acids is 2. The lowest BCUT2D eigenvalue weighted by Crippen LogP contribution is -2.21. The van der Waals surface area contributed by atoms with E-state index in [1.165, 1.54) is 0 Å². The largest absolute Gasteiger partial charge is 0.376 e. The summed E-state index contributed by atoms with van der Waals surface area (Å²) in [5, 5.41) is 8.73. The molecule has 0 aliphatic heterocycles. The molecule has 0 fully saturated rings. The van der Waals surface area contributed by atoms with Crippen LogP contribution in [0.3, 0.4) is 0 Å². The van der Waals surface area contributed by atoms with Gasteiger partial charge in [0.05, 0.1) is 6.54 Å². The first-order valence-corrected chi connectivity index (χ1v) is 8.07. The summed E-state index contributed by atoms with van der Waals surface area (Å²) in [6, 6.07) is 15.0. The van der Waals surface area contributed by atoms with Crippen molar-refractivity contribution in [3.8, 4) is 0 Å². The molecule has 0 radical (unpaired) electrons. The molecule has 0 saturated heterocycles. The second-order valence-electron chi connectivity index (χ2n) is 5.65. The molecule has 0 aliphatic carbocycles. The third kappa shape index (κ3) is 5.76. The highest BCUT2D eigenvalue weighted by atomic mass is 16.2. The maximum absolute atomic E-state index is 12.0. The molecule has 0 bridgehead atoms. The van der Waals surface area contributed by atoms with Crippen LogP contribution in [0.4, 0.5) is 17.1 Å². The van der Waals surface area contributed by atoms with Crippen molar-refractivity contribution in [2.45, 2.75) is 26.7 Å². The van der Waals surface area contributed by atoms with E-state index in [9.17, 15) is 9.59 Å². The van der Waals surface area contributed by atoms with Crippen LogP contribution in [0.15, 0.2) is 48.5 Å². The zero-order valence-electron chi connectivity index (χ0n) is 14.1. The van der Waals surface area contributed by atoms with Crippen LogP contribution in [0.25, 0.3) is 0 Å². The highest BCUT2D eigenvalue weighted by Crippen LogP contribution is 2.14. The van der Waals surface area contributed by atoms with Gasteiger partial charge in [0.2, 0.25) is 11.8 Å². The fraction of sp³-hybridized carbons (Fsp3) is 0.263. The second-order valence-corrected chi connectivity index (χ2v) is 5.65. The fourth-order valence-corrected chi connectivity index (χ4v) is 2.23. The Morgan fingerprint density at radius 2 is 1.54 bits per heavy atom. The van der Waals surface area contributed by atoms with Gasteiger partial charge in [0.1, 0.15) is 0 Å². The summed E-state index contributed by atoms with van der Waals surface area (Å²) in [6.07, 6.45) is 1.33. The minimum Gasteiger partial charge on any atom is -0.376 e. The molecule has 0 aromatic heterocycles. The normalized spacial score (nSPS) is 10.1. The topological polar surface area (TPSA) is 70.2 Å². The molecule has 2 rings (SSSR count). The summed E-state index contributed by atoms with van der Waals surface area (Å²) in [6.45, 7) is 4.12. The van der Waals surface area contributed by atoms with Gasteiger partial charge in [-0.1, -0.05) is 19.1 Å². The number of hydrogen-bond donors (Lipinski definition) is 3. The predicted molar refractivity (Wildman–Crippen MR) is 98.3 cm³/mol. The van der Waals surface area contributed by atoms with Crippen molar-refractivity contribution in [3.05, 3.63) is 54.1 Å². The minimum atomic E-state index is -0.110. The van der Waals surface area contributed by atoms with Gasteiger partial charge in [0.25, 0.3) is 0 Å². The highest BCUT2D eigenvalue weighted by molar-refractivity contribution is 5.94. The van der Waals surface area contributed by atoms with Crippen molar-refractivity contribution in [1.29, 1.82) is 0 Å². The van der Waals surface area contributed by atoms with Gasteiger partial charge in [0, 0.05) is 23.5 Å². The van der Waals surface area contributed by atoms with Crippen LogP contribution >= 0.6 is 0 Å². The highest BCUT2D eigenvalue weighted by Gasteiger charge is 2.04. The molecule has 0 saturated carbocycles. The van der Waals surface area contributed by atoms with E-state index >= 15 is 0 Å². The van der Waals surface area contributed by atoms with Crippen molar-refractivity contribution >= 4 is 28.9 Å². The molecular formula is C19H23N3O2. The summed E-state index contributed by atoms with van der Waals surface area (Å²) in [7, 11) is 0. The predicted octanol–water partition coefficient (Wildman–Crippen LogP) is 3.78. The van der Waals surface area contributed by atoms with Gasteiger partial charge in [-0.3, -0.25) is 9.59 Å². The van der Waals surface area contributed by atoms with Crippen LogP contribution in [0.2, 0.25) is 0 Å². The van der Waals surface area contributed by atoms with Crippen molar-refractivity contribution in [2.24, 2.45) is 0 Å². The molecule has 0 unspecified atom stereocenters. The summed E-state index contributed by atoms with van der Waals surface area (Å²) in [4.78, 5) is 23.5. The molecule has 5 heteroatoms. The van der Waals surface area contributed by atoms with E-state index in [0.29, 0.717) is 6.42 Å². The van der Waals surface area contributed by atoms with Gasteiger partial charge in [-0.25, -0.2) is 0 Å². The molecule has 2 aromatic carbocycles. The number of benzene rings is 2. The maximum atomic E-state index is 12.0. The van der Waals surface area contributed by atoms with E-state index in [-0.39, 0.29) is 18.4 Å². The van der Waals surface area contributed by atoms with Crippen molar-refractivity contribution in [1.82, 2.24) is 0 Å². The van der Waals surface area contributed by atoms with E-state index in [2.05, 4.69) is 16.0 Å². The standard InChI is InChI=1S/C19H23N3O2/c1-3-5-18(23)21-16-10-8-15(9-11-16)20-13-19(24)22-17-7-4-6-14(2)12-17/h4,6-12,20H,3,5,13H2,1-2H3,(H,21,23)(H,22,24). The number of carbonyl (C=O) groups is 2. The molecule has 0 atom stereocenters. The first-order valence-electron chi connectivity index (χ1n) is 8.07. The molecule has 2 amide bonds. The molecular weight excluding hydrogens is 302 g/mol. The Kier molecular flexibility index (Phi) is 6.37. The van der Waals surface area contributed by atoms with Gasteiger partial charge in [0.15, 0.2) is 0 Å². The number of aryl methyl sites for hydroxylation is 1. The van der Waals surface area contributed by atoms with Crippen molar-refractivity contribution < 1.29 is 9.59 Å². The van der Waals surface area contributed by atoms with Gasteiger partial charge < -0.3 is 16.0 Å². The smallest absolute Gasteiger partial charge is 0.243 e. The van der Waals surface area contributed by atoms with E-state index < -0.39 is 0 Å². The van der Waals surface area contributed by atoms with Crippen LogP contribution in [-0.4, -0.2) is 18.4 Å². The van der Waals surface area contributed by atoms with Crippen LogP contribution in [-0.2, 0) is 9.59 Å². The monoisotopic (exact) mass is 325 g/mol. The Hall–Kier alpha value is -2.82. The summed E-state index contributed by atoms with van der Waals surface area (Å²) < 4.78 is 0. The lowest BCUT2D eigenvalue weighted by Gasteiger charge is -2.09. The second kappa shape index (κ2) is 8.72. The minimum absolute atomic E-state index is 0.00995. The third-order valence-corrected chi connectivity index (χ3v) is 3.40. The van der Waals surface area contributed by atoms with Gasteiger partial charge in [-0.05, 0) is 55.3 Å². The number of nitrogens with one attached hydrogen (secondary N) is 3. The third-order valence-electron chi connectivity index (χ3n) is 3.40. The van der Waals surface area contributed by atoms with Crippen molar-refractivity contribution in [3.63, 3.8) is 0 Å². The van der Waals surface area contributed by atoms with Crippen LogP contribution < -0.4 is 16.0 Å². The quantitative estimate of drug-likeness (QED) is 0.725. The summed E-state index contributed by atoms with van der Waals surface area (Å²) in [5.74, 6) is -0.100. The Morgan fingerprint density at radius 3 is 2.21 bits per heavy atom. The molecule has 24 heavy (non-hydrogen) atoms. The maximum Gasteiger partial charge on any atom is 0.243 e. The van der Waals surface area contributed by atoms with Gasteiger partial charge in [-0.15, -0.1) is 0 Å². The van der Waals surface area contributed by atoms with Crippen molar-refractivity contribution in [2.75, 3.05) is 22.5 Å². The van der Waals surface area contributed by atoms with Gasteiger partial charge in [-0.2, -0.15) is 0 Å². The Labute approximate surface area is 142 Å². The Bertz CT molecular complexity index is 696. The molecule has 2 aromatic rings. The number of rotatable bonds is 7. The molecule has 5 nitrogen and oxygen atoms in total. The number of amides is 2.